The molecule has 0 atom stereocenters. The molecule has 1 heterocycles. The van der Waals surface area contributed by atoms with Crippen molar-refractivity contribution in [2.24, 2.45) is 0 Å². The van der Waals surface area contributed by atoms with Crippen molar-refractivity contribution >= 4 is 21.6 Å². The van der Waals surface area contributed by atoms with Gasteiger partial charge in [-0.1, -0.05) is 12.1 Å². The Morgan fingerprint density at radius 1 is 1.25 bits per heavy atom. The number of carbonyl (C=O) groups excluding carboxylic acids is 1. The number of amides is 1. The summed E-state index contributed by atoms with van der Waals surface area (Å²) in [4.78, 5) is 14.5. The molecule has 0 saturated carbocycles. The zero-order valence-electron chi connectivity index (χ0n) is 15.8. The van der Waals surface area contributed by atoms with E-state index in [2.05, 4.69) is 0 Å². The van der Waals surface area contributed by atoms with Crippen molar-refractivity contribution in [1.82, 2.24) is 4.31 Å². The van der Waals surface area contributed by atoms with Crippen molar-refractivity contribution < 1.29 is 17.9 Å². The fraction of sp³-hybridized carbons (Fsp3) is 0.300. The van der Waals surface area contributed by atoms with Gasteiger partial charge in [-0.2, -0.15) is 5.26 Å². The van der Waals surface area contributed by atoms with Crippen molar-refractivity contribution in [3.05, 3.63) is 53.6 Å². The Morgan fingerprint density at radius 2 is 2.00 bits per heavy atom. The van der Waals surface area contributed by atoms with Crippen molar-refractivity contribution in [3.63, 3.8) is 0 Å². The molecular weight excluding hydrogens is 378 g/mol. The number of anilines is 1. The van der Waals surface area contributed by atoms with E-state index in [1.807, 2.05) is 6.07 Å². The second kappa shape index (κ2) is 8.00. The molecule has 0 aromatic heterocycles. The first-order chi connectivity index (χ1) is 13.3. The Kier molecular flexibility index (Phi) is 5.68. The second-order valence-corrected chi connectivity index (χ2v) is 8.78. The Balaban J connectivity index is 1.80. The zero-order valence-corrected chi connectivity index (χ0v) is 16.6. The highest BCUT2D eigenvalue weighted by Gasteiger charge is 2.26. The number of benzene rings is 2. The van der Waals surface area contributed by atoms with Crippen LogP contribution in [0.1, 0.15) is 17.5 Å². The average molecular weight is 399 g/mol. The van der Waals surface area contributed by atoms with Crippen LogP contribution in [-0.4, -0.2) is 45.9 Å². The van der Waals surface area contributed by atoms with E-state index < -0.39 is 10.0 Å². The number of nitriles is 1. The number of fused-ring (bicyclic) bond motifs is 1. The van der Waals surface area contributed by atoms with Crippen LogP contribution in [0.5, 0.6) is 5.75 Å². The number of hydrogen-bond acceptors (Lipinski definition) is 5. The number of rotatable bonds is 5. The lowest BCUT2D eigenvalue weighted by Gasteiger charge is -2.30. The summed E-state index contributed by atoms with van der Waals surface area (Å²) < 4.78 is 31.4. The Labute approximate surface area is 164 Å². The largest absolute Gasteiger partial charge is 0.482 e. The quantitative estimate of drug-likeness (QED) is 0.768. The lowest BCUT2D eigenvalue weighted by Crippen LogP contribution is -2.38. The summed E-state index contributed by atoms with van der Waals surface area (Å²) in [5.41, 5.74) is 1.89. The zero-order chi connectivity index (χ0) is 20.3. The predicted molar refractivity (Wildman–Crippen MR) is 105 cm³/mol. The molecule has 0 fully saturated rings. The van der Waals surface area contributed by atoms with Crippen LogP contribution in [0.15, 0.2) is 47.4 Å². The first-order valence-corrected chi connectivity index (χ1v) is 10.3. The minimum absolute atomic E-state index is 0.199. The topological polar surface area (TPSA) is 90.7 Å². The van der Waals surface area contributed by atoms with Gasteiger partial charge >= 0.3 is 0 Å². The molecule has 2 aromatic carbocycles. The number of carbonyl (C=O) groups is 1. The molecule has 146 valence electrons. The smallest absolute Gasteiger partial charge is 0.264 e. The molecule has 1 amide bonds. The number of para-hydroxylation sites is 1. The number of nitrogens with zero attached hydrogens (tertiary/aromatic N) is 3. The van der Waals surface area contributed by atoms with Crippen molar-refractivity contribution in [2.45, 2.75) is 17.7 Å². The van der Waals surface area contributed by atoms with Gasteiger partial charge < -0.3 is 9.64 Å². The van der Waals surface area contributed by atoms with Gasteiger partial charge in [-0.05, 0) is 48.7 Å². The maximum Gasteiger partial charge on any atom is 0.264 e. The molecular formula is C20H21N3O4S. The van der Waals surface area contributed by atoms with Crippen LogP contribution in [0.25, 0.3) is 0 Å². The average Bonchev–Trinajstić information content (AvgIpc) is 2.71. The highest BCUT2D eigenvalue weighted by molar-refractivity contribution is 7.89. The van der Waals surface area contributed by atoms with Crippen LogP contribution in [0, 0.1) is 11.3 Å². The molecule has 8 heteroatoms. The van der Waals surface area contributed by atoms with Crippen LogP contribution in [0.3, 0.4) is 0 Å². The fourth-order valence-electron chi connectivity index (χ4n) is 3.11. The van der Waals surface area contributed by atoms with Crippen LogP contribution >= 0.6 is 0 Å². The molecule has 0 N–H and O–H groups in total. The molecule has 2 aromatic rings. The second-order valence-electron chi connectivity index (χ2n) is 6.62. The third kappa shape index (κ3) is 3.86. The van der Waals surface area contributed by atoms with Gasteiger partial charge in [0.1, 0.15) is 11.8 Å². The lowest BCUT2D eigenvalue weighted by atomic mass is 10.0. The molecule has 7 nitrogen and oxygen atoms in total. The molecule has 3 rings (SSSR count). The van der Waals surface area contributed by atoms with E-state index in [-0.39, 0.29) is 17.4 Å². The monoisotopic (exact) mass is 399 g/mol. The molecule has 0 radical (unpaired) electrons. The van der Waals surface area contributed by atoms with Gasteiger partial charge in [0.15, 0.2) is 6.61 Å². The Morgan fingerprint density at radius 3 is 2.71 bits per heavy atom. The molecule has 1 aliphatic heterocycles. The standard InChI is InChI=1S/C20H21N3O4S/c1-22(2)28(25,26)17-9-10-18-15(12-17)7-5-11-23(18)20(24)14-27-19-8-4-3-6-16(19)13-21/h3-4,6,8-10,12H,5,7,11,14H2,1-2H3. The van der Waals surface area contributed by atoms with Crippen molar-refractivity contribution in [3.8, 4) is 11.8 Å². The molecule has 0 unspecified atom stereocenters. The van der Waals surface area contributed by atoms with Gasteiger partial charge in [0.2, 0.25) is 10.0 Å². The summed E-state index contributed by atoms with van der Waals surface area (Å²) in [7, 11) is -0.553. The van der Waals surface area contributed by atoms with Gasteiger partial charge in [-0.25, -0.2) is 12.7 Å². The SMILES string of the molecule is CN(C)S(=O)(=O)c1ccc2c(c1)CCCN2C(=O)COc1ccccc1C#N. The third-order valence-corrected chi connectivity index (χ3v) is 6.42. The molecule has 0 spiro atoms. The summed E-state index contributed by atoms with van der Waals surface area (Å²) in [6, 6.07) is 13.6. The first kappa shape index (κ1) is 19.9. The molecule has 28 heavy (non-hydrogen) atoms. The number of ether oxygens (including phenoxy) is 1. The van der Waals surface area contributed by atoms with Gasteiger partial charge in [0.25, 0.3) is 5.91 Å². The van der Waals surface area contributed by atoms with Gasteiger partial charge in [-0.3, -0.25) is 4.79 Å². The summed E-state index contributed by atoms with van der Waals surface area (Å²) in [6.07, 6.45) is 1.44. The molecule has 1 aliphatic rings. The maximum absolute atomic E-state index is 12.7. The van der Waals surface area contributed by atoms with Crippen LogP contribution in [0.4, 0.5) is 5.69 Å². The van der Waals surface area contributed by atoms with E-state index in [9.17, 15) is 13.2 Å². The van der Waals surface area contributed by atoms with Crippen molar-refractivity contribution in [1.29, 1.82) is 5.26 Å². The van der Waals surface area contributed by atoms with Gasteiger partial charge in [0.05, 0.1) is 10.5 Å². The third-order valence-electron chi connectivity index (χ3n) is 4.61. The minimum atomic E-state index is -3.53. The lowest BCUT2D eigenvalue weighted by molar-refractivity contribution is -0.120. The van der Waals surface area contributed by atoms with E-state index in [4.69, 9.17) is 10.00 Å². The number of sulfonamides is 1. The summed E-state index contributed by atoms with van der Waals surface area (Å²) in [5, 5.41) is 9.12. The minimum Gasteiger partial charge on any atom is -0.482 e. The Bertz CT molecular complexity index is 1040. The summed E-state index contributed by atoms with van der Waals surface area (Å²) >= 11 is 0. The van der Waals surface area contributed by atoms with Crippen LogP contribution in [-0.2, 0) is 21.2 Å². The van der Waals surface area contributed by atoms with E-state index in [1.165, 1.54) is 24.5 Å². The highest BCUT2D eigenvalue weighted by Crippen LogP contribution is 2.30. The van der Waals surface area contributed by atoms with E-state index >= 15 is 0 Å². The fourth-order valence-corrected chi connectivity index (χ4v) is 4.06. The van der Waals surface area contributed by atoms with E-state index in [0.29, 0.717) is 30.0 Å². The van der Waals surface area contributed by atoms with E-state index in [1.54, 1.807) is 41.3 Å². The summed E-state index contributed by atoms with van der Waals surface area (Å²) in [6.45, 7) is 0.338. The molecule has 0 bridgehead atoms. The predicted octanol–water partition coefficient (Wildman–Crippen LogP) is 2.17. The van der Waals surface area contributed by atoms with E-state index in [0.717, 1.165) is 12.0 Å². The first-order valence-electron chi connectivity index (χ1n) is 8.82. The van der Waals surface area contributed by atoms with Gasteiger partial charge in [0, 0.05) is 26.3 Å². The molecule has 0 saturated heterocycles. The summed E-state index contributed by atoms with van der Waals surface area (Å²) in [5.74, 6) is 0.125. The maximum atomic E-state index is 12.7. The highest BCUT2D eigenvalue weighted by atomic mass is 32.2. The normalized spacial score (nSPS) is 13.7. The number of aryl methyl sites for hydroxylation is 1. The van der Waals surface area contributed by atoms with Crippen LogP contribution < -0.4 is 9.64 Å². The van der Waals surface area contributed by atoms with Crippen LogP contribution in [0.2, 0.25) is 0 Å². The molecule has 0 aliphatic carbocycles. The van der Waals surface area contributed by atoms with Crippen molar-refractivity contribution in [2.75, 3.05) is 32.1 Å². The van der Waals surface area contributed by atoms with Gasteiger partial charge in [-0.15, -0.1) is 0 Å². The Hall–Kier alpha value is -2.89. The number of hydrogen-bond donors (Lipinski definition) is 0.